The van der Waals surface area contributed by atoms with Crippen LogP contribution in [0.2, 0.25) is 5.02 Å². The highest BCUT2D eigenvalue weighted by Crippen LogP contribution is 2.18. The molecule has 3 rings (SSSR count). The molecule has 0 aliphatic carbocycles. The van der Waals surface area contributed by atoms with Crippen LogP contribution in [0, 0.1) is 6.92 Å². The third kappa shape index (κ3) is 2.58. The summed E-state index contributed by atoms with van der Waals surface area (Å²) in [6, 6.07) is 10.5. The highest BCUT2D eigenvalue weighted by atomic mass is 35.5. The molecule has 0 aliphatic heterocycles. The number of carbonyl (C=O) groups is 1. The number of hydrogen-bond acceptors (Lipinski definition) is 3. The number of rotatable bonds is 2. The largest absolute Gasteiger partial charge is 0.321 e. The number of fused-ring (bicyclic) bond motifs is 1. The zero-order valence-corrected chi connectivity index (χ0v) is 12.4. The van der Waals surface area contributed by atoms with Crippen LogP contribution < -0.4 is 10.9 Å². The zero-order chi connectivity index (χ0) is 15.7. The molecule has 0 unspecified atom stereocenters. The molecule has 0 bridgehead atoms. The zero-order valence-electron chi connectivity index (χ0n) is 11.7. The first-order chi connectivity index (χ1) is 10.6. The summed E-state index contributed by atoms with van der Waals surface area (Å²) in [5.74, 6) is -0.166. The molecule has 3 aromatic rings. The molecule has 0 aliphatic rings. The van der Waals surface area contributed by atoms with Crippen LogP contribution >= 0.6 is 11.6 Å². The number of hydrogen-bond donors (Lipinski definition) is 2. The number of para-hydroxylation sites is 1. The maximum atomic E-state index is 12.4. The Morgan fingerprint density at radius 2 is 2.00 bits per heavy atom. The molecular weight excluding hydrogens is 302 g/mol. The van der Waals surface area contributed by atoms with Gasteiger partial charge in [0.05, 0.1) is 5.02 Å². The van der Waals surface area contributed by atoms with Crippen LogP contribution in [0.1, 0.15) is 15.9 Å². The molecule has 2 heterocycles. The highest BCUT2D eigenvalue weighted by Gasteiger charge is 2.17. The lowest BCUT2D eigenvalue weighted by Gasteiger charge is -2.09. The fourth-order valence-electron chi connectivity index (χ4n) is 2.31. The van der Waals surface area contributed by atoms with Gasteiger partial charge in [0.15, 0.2) is 0 Å². The first-order valence-electron chi connectivity index (χ1n) is 6.61. The Morgan fingerprint density at radius 1 is 1.23 bits per heavy atom. The van der Waals surface area contributed by atoms with Crippen molar-refractivity contribution in [1.82, 2.24) is 9.97 Å². The van der Waals surface area contributed by atoms with Gasteiger partial charge in [-0.2, -0.15) is 0 Å². The number of nitrogens with one attached hydrogen (secondary N) is 2. The van der Waals surface area contributed by atoms with Gasteiger partial charge in [0.1, 0.15) is 11.4 Å². The Kier molecular flexibility index (Phi) is 3.65. The molecule has 0 spiro atoms. The van der Waals surface area contributed by atoms with Gasteiger partial charge in [-0.05, 0) is 30.7 Å². The predicted molar refractivity (Wildman–Crippen MR) is 86.5 cm³/mol. The summed E-state index contributed by atoms with van der Waals surface area (Å²) in [5, 5.41) is 3.90. The maximum absolute atomic E-state index is 12.4. The van der Waals surface area contributed by atoms with Crippen LogP contribution in [-0.4, -0.2) is 15.9 Å². The second kappa shape index (κ2) is 5.61. The van der Waals surface area contributed by atoms with Gasteiger partial charge in [-0.25, -0.2) is 4.98 Å². The number of benzene rings is 1. The number of H-pyrrole nitrogens is 1. The van der Waals surface area contributed by atoms with E-state index >= 15 is 0 Å². The number of aromatic nitrogens is 2. The highest BCUT2D eigenvalue weighted by molar-refractivity contribution is 6.30. The quantitative estimate of drug-likeness (QED) is 0.763. The minimum absolute atomic E-state index is 0.0791. The van der Waals surface area contributed by atoms with Gasteiger partial charge < -0.3 is 10.3 Å². The van der Waals surface area contributed by atoms with E-state index in [9.17, 15) is 9.59 Å². The van der Waals surface area contributed by atoms with E-state index in [2.05, 4.69) is 15.3 Å². The Hall–Kier alpha value is -2.66. The molecule has 110 valence electrons. The van der Waals surface area contributed by atoms with Crippen LogP contribution in [-0.2, 0) is 0 Å². The molecule has 0 radical (unpaired) electrons. The molecule has 0 fully saturated rings. The predicted octanol–water partition coefficient (Wildman–Crippen LogP) is 3.14. The van der Waals surface area contributed by atoms with Crippen LogP contribution in [0.4, 0.5) is 5.82 Å². The molecule has 0 saturated heterocycles. The number of nitrogens with zero attached hydrogens (tertiary/aromatic N) is 1. The average molecular weight is 314 g/mol. The van der Waals surface area contributed by atoms with Crippen molar-refractivity contribution in [1.29, 1.82) is 0 Å². The van der Waals surface area contributed by atoms with Gasteiger partial charge in [0.2, 0.25) is 0 Å². The van der Waals surface area contributed by atoms with Gasteiger partial charge in [-0.3, -0.25) is 9.59 Å². The number of amides is 1. The molecule has 5 nitrogen and oxygen atoms in total. The Labute approximate surface area is 131 Å². The molecule has 1 amide bonds. The molecule has 6 heteroatoms. The summed E-state index contributed by atoms with van der Waals surface area (Å²) in [4.78, 5) is 31.3. The monoisotopic (exact) mass is 313 g/mol. The fraction of sp³-hybridized carbons (Fsp3) is 0.0625. The number of aryl methyl sites for hydroxylation is 1. The van der Waals surface area contributed by atoms with Gasteiger partial charge in [0.25, 0.3) is 11.5 Å². The van der Waals surface area contributed by atoms with E-state index in [4.69, 9.17) is 11.6 Å². The summed E-state index contributed by atoms with van der Waals surface area (Å²) < 4.78 is 0. The summed E-state index contributed by atoms with van der Waals surface area (Å²) in [6.45, 7) is 1.75. The minimum atomic E-state index is -0.501. The third-order valence-corrected chi connectivity index (χ3v) is 3.60. The van der Waals surface area contributed by atoms with E-state index in [1.54, 1.807) is 25.1 Å². The lowest BCUT2D eigenvalue weighted by molar-refractivity contribution is 0.102. The van der Waals surface area contributed by atoms with E-state index in [0.29, 0.717) is 21.9 Å². The molecule has 22 heavy (non-hydrogen) atoms. The molecule has 2 aromatic heterocycles. The van der Waals surface area contributed by atoms with E-state index in [1.165, 1.54) is 6.20 Å². The van der Waals surface area contributed by atoms with Gasteiger partial charge >= 0.3 is 0 Å². The van der Waals surface area contributed by atoms with Crippen LogP contribution in [0.5, 0.6) is 0 Å². The normalized spacial score (nSPS) is 10.6. The summed E-state index contributed by atoms with van der Waals surface area (Å²) >= 11 is 5.75. The van der Waals surface area contributed by atoms with Gasteiger partial charge in [-0.15, -0.1) is 0 Å². The summed E-state index contributed by atoms with van der Waals surface area (Å²) in [5.41, 5.74) is 0.982. The van der Waals surface area contributed by atoms with E-state index in [0.717, 1.165) is 5.39 Å². The van der Waals surface area contributed by atoms with Crippen LogP contribution in [0.15, 0.2) is 47.4 Å². The van der Waals surface area contributed by atoms with E-state index < -0.39 is 11.5 Å². The molecule has 1 aromatic carbocycles. The second-order valence-electron chi connectivity index (χ2n) is 4.82. The summed E-state index contributed by atoms with van der Waals surface area (Å²) in [6.07, 6.45) is 1.43. The Balaban J connectivity index is 2.04. The van der Waals surface area contributed by atoms with E-state index in [1.807, 2.05) is 18.2 Å². The number of halogens is 1. The van der Waals surface area contributed by atoms with Crippen molar-refractivity contribution >= 4 is 34.2 Å². The van der Waals surface area contributed by atoms with Crippen molar-refractivity contribution < 1.29 is 4.79 Å². The SMILES string of the molecule is Cc1c(C(=O)Nc2ccc(Cl)cn2)c(=O)[nH]c2ccccc12. The second-order valence-corrected chi connectivity index (χ2v) is 5.25. The topological polar surface area (TPSA) is 74.8 Å². The lowest BCUT2D eigenvalue weighted by Crippen LogP contribution is -2.25. The maximum Gasteiger partial charge on any atom is 0.262 e. The summed E-state index contributed by atoms with van der Waals surface area (Å²) in [7, 11) is 0. The van der Waals surface area contributed by atoms with Crippen molar-refractivity contribution in [3.05, 3.63) is 69.1 Å². The average Bonchev–Trinajstić information content (AvgIpc) is 2.49. The van der Waals surface area contributed by atoms with Crippen molar-refractivity contribution in [2.24, 2.45) is 0 Å². The Bertz CT molecular complexity index is 917. The smallest absolute Gasteiger partial charge is 0.262 e. The van der Waals surface area contributed by atoms with Crippen LogP contribution in [0.25, 0.3) is 10.9 Å². The molecule has 0 saturated carbocycles. The van der Waals surface area contributed by atoms with Gasteiger partial charge in [0, 0.05) is 17.1 Å². The van der Waals surface area contributed by atoms with Crippen molar-refractivity contribution in [3.8, 4) is 0 Å². The molecule has 0 atom stereocenters. The minimum Gasteiger partial charge on any atom is -0.321 e. The number of anilines is 1. The third-order valence-electron chi connectivity index (χ3n) is 3.38. The fourth-order valence-corrected chi connectivity index (χ4v) is 2.42. The lowest BCUT2D eigenvalue weighted by atomic mass is 10.0. The molecular formula is C16H12ClN3O2. The first-order valence-corrected chi connectivity index (χ1v) is 6.98. The van der Waals surface area contributed by atoms with Crippen LogP contribution in [0.3, 0.4) is 0 Å². The number of pyridine rings is 2. The molecule has 2 N–H and O–H groups in total. The Morgan fingerprint density at radius 3 is 2.73 bits per heavy atom. The number of aromatic amines is 1. The van der Waals surface area contributed by atoms with Crippen molar-refractivity contribution in [3.63, 3.8) is 0 Å². The standard InChI is InChI=1S/C16H12ClN3O2/c1-9-11-4-2-3-5-12(11)19-15(21)14(9)16(22)20-13-7-6-10(17)8-18-13/h2-8H,1H3,(H,19,21)(H,18,20,22). The van der Waals surface area contributed by atoms with Crippen molar-refractivity contribution in [2.45, 2.75) is 6.92 Å². The first kappa shape index (κ1) is 14.3. The van der Waals surface area contributed by atoms with Crippen molar-refractivity contribution in [2.75, 3.05) is 5.32 Å². The number of carbonyl (C=O) groups excluding carboxylic acids is 1. The van der Waals surface area contributed by atoms with Gasteiger partial charge in [-0.1, -0.05) is 29.8 Å². The van der Waals surface area contributed by atoms with E-state index in [-0.39, 0.29) is 5.56 Å².